The molecule has 0 spiro atoms. The molecule has 7 heteroatoms. The third-order valence-corrected chi connectivity index (χ3v) is 5.05. The van der Waals surface area contributed by atoms with Gasteiger partial charge in [0, 0.05) is 30.2 Å². The van der Waals surface area contributed by atoms with E-state index in [-0.39, 0.29) is 6.09 Å². The lowest BCUT2D eigenvalue weighted by atomic mass is 10.0. The average Bonchev–Trinajstić information content (AvgIpc) is 2.77. The van der Waals surface area contributed by atoms with Gasteiger partial charge in [-0.2, -0.15) is 5.10 Å². The van der Waals surface area contributed by atoms with Crippen LogP contribution in [0.1, 0.15) is 32.9 Å². The van der Waals surface area contributed by atoms with Crippen LogP contribution in [-0.2, 0) is 4.74 Å². The SMILES string of the molecule is COc1cc2cccnc2cc1-c1ccc(C2=CCN(C(=O)OC(C)(C)C)CC2)nn1. The fraction of sp³-hybridized carbons (Fsp3) is 0.333. The maximum Gasteiger partial charge on any atom is 0.410 e. The summed E-state index contributed by atoms with van der Waals surface area (Å²) in [7, 11) is 1.64. The van der Waals surface area contributed by atoms with Crippen LogP contribution in [0.5, 0.6) is 5.75 Å². The van der Waals surface area contributed by atoms with E-state index in [2.05, 4.69) is 15.2 Å². The summed E-state index contributed by atoms with van der Waals surface area (Å²) in [6.45, 7) is 6.70. The van der Waals surface area contributed by atoms with Gasteiger partial charge in [-0.05, 0) is 63.1 Å². The van der Waals surface area contributed by atoms with Crippen LogP contribution in [-0.4, -0.2) is 52.0 Å². The Bertz CT molecular complexity index is 1130. The van der Waals surface area contributed by atoms with Crippen molar-refractivity contribution in [3.63, 3.8) is 0 Å². The Hall–Kier alpha value is -3.48. The van der Waals surface area contributed by atoms with Crippen molar-refractivity contribution in [2.45, 2.75) is 32.8 Å². The average molecular weight is 418 g/mol. The van der Waals surface area contributed by atoms with Crippen LogP contribution in [0.4, 0.5) is 4.79 Å². The summed E-state index contributed by atoms with van der Waals surface area (Å²) in [6, 6.07) is 11.7. The third kappa shape index (κ3) is 4.66. The number of carbonyl (C=O) groups excluding carboxylic acids is 1. The van der Waals surface area contributed by atoms with E-state index in [1.54, 1.807) is 18.2 Å². The monoisotopic (exact) mass is 418 g/mol. The van der Waals surface area contributed by atoms with Gasteiger partial charge in [0.1, 0.15) is 11.4 Å². The molecule has 0 radical (unpaired) electrons. The van der Waals surface area contributed by atoms with Crippen molar-refractivity contribution in [1.29, 1.82) is 0 Å². The number of rotatable bonds is 3. The highest BCUT2D eigenvalue weighted by atomic mass is 16.6. The summed E-state index contributed by atoms with van der Waals surface area (Å²) in [5.41, 5.74) is 3.83. The molecule has 0 atom stereocenters. The fourth-order valence-corrected chi connectivity index (χ4v) is 3.51. The predicted octanol–water partition coefficient (Wildman–Crippen LogP) is 4.72. The molecule has 3 aromatic rings. The molecule has 0 N–H and O–H groups in total. The van der Waals surface area contributed by atoms with E-state index in [0.717, 1.165) is 39.2 Å². The lowest BCUT2D eigenvalue weighted by molar-refractivity contribution is 0.0270. The number of benzene rings is 1. The Kier molecular flexibility index (Phi) is 5.59. The normalized spacial score (nSPS) is 14.3. The molecule has 0 saturated heterocycles. The Morgan fingerprint density at radius 1 is 1.10 bits per heavy atom. The second kappa shape index (κ2) is 8.34. The van der Waals surface area contributed by atoms with Crippen molar-refractivity contribution in [3.8, 4) is 17.0 Å². The van der Waals surface area contributed by atoms with E-state index in [9.17, 15) is 4.79 Å². The minimum Gasteiger partial charge on any atom is -0.496 e. The van der Waals surface area contributed by atoms with Crippen LogP contribution in [0.3, 0.4) is 0 Å². The van der Waals surface area contributed by atoms with Crippen molar-refractivity contribution in [3.05, 3.63) is 54.4 Å². The summed E-state index contributed by atoms with van der Waals surface area (Å²) >= 11 is 0. The molecule has 3 heterocycles. The van der Waals surface area contributed by atoms with Gasteiger partial charge < -0.3 is 14.4 Å². The highest BCUT2D eigenvalue weighted by molar-refractivity contribution is 5.87. The maximum atomic E-state index is 12.2. The van der Waals surface area contributed by atoms with E-state index in [1.165, 1.54) is 0 Å². The number of aromatic nitrogens is 3. The number of amides is 1. The van der Waals surface area contributed by atoms with Gasteiger partial charge in [-0.15, -0.1) is 5.10 Å². The number of nitrogens with zero attached hydrogens (tertiary/aromatic N) is 4. The van der Waals surface area contributed by atoms with Crippen molar-refractivity contribution in [2.75, 3.05) is 20.2 Å². The van der Waals surface area contributed by atoms with E-state index < -0.39 is 5.60 Å². The Balaban J connectivity index is 1.53. The molecule has 160 valence electrons. The van der Waals surface area contributed by atoms with Gasteiger partial charge >= 0.3 is 6.09 Å². The third-order valence-electron chi connectivity index (χ3n) is 5.05. The highest BCUT2D eigenvalue weighted by Gasteiger charge is 2.24. The first-order chi connectivity index (χ1) is 14.8. The smallest absolute Gasteiger partial charge is 0.410 e. The van der Waals surface area contributed by atoms with Gasteiger partial charge in [0.15, 0.2) is 0 Å². The first kappa shape index (κ1) is 20.8. The molecule has 31 heavy (non-hydrogen) atoms. The van der Waals surface area contributed by atoms with Crippen molar-refractivity contribution in [2.24, 2.45) is 0 Å². The van der Waals surface area contributed by atoms with Gasteiger partial charge in [0.2, 0.25) is 0 Å². The number of hydrogen-bond donors (Lipinski definition) is 0. The predicted molar refractivity (Wildman–Crippen MR) is 120 cm³/mol. The molecule has 0 fully saturated rings. The molecule has 0 unspecified atom stereocenters. The van der Waals surface area contributed by atoms with Gasteiger partial charge in [-0.3, -0.25) is 4.98 Å². The molecular weight excluding hydrogens is 392 g/mol. The highest BCUT2D eigenvalue weighted by Crippen LogP contribution is 2.32. The molecule has 1 aromatic carbocycles. The van der Waals surface area contributed by atoms with Crippen LogP contribution in [0.25, 0.3) is 27.7 Å². The summed E-state index contributed by atoms with van der Waals surface area (Å²) < 4.78 is 11.0. The standard InChI is InChI=1S/C24H26N4O3/c1-24(2,3)31-23(29)28-12-9-16(10-13-28)19-7-8-20(27-26-19)18-15-21-17(6-5-11-25-21)14-22(18)30-4/h5-9,11,14-15H,10,12-13H2,1-4H3. The van der Waals surface area contributed by atoms with Gasteiger partial charge in [0.05, 0.1) is 24.0 Å². The quantitative estimate of drug-likeness (QED) is 0.612. The number of pyridine rings is 1. The van der Waals surface area contributed by atoms with Gasteiger partial charge in [-0.1, -0.05) is 12.1 Å². The number of hydrogen-bond acceptors (Lipinski definition) is 6. The zero-order valence-corrected chi connectivity index (χ0v) is 18.3. The van der Waals surface area contributed by atoms with Crippen LogP contribution >= 0.6 is 0 Å². The number of ether oxygens (including phenoxy) is 2. The zero-order valence-electron chi connectivity index (χ0n) is 18.3. The van der Waals surface area contributed by atoms with E-state index >= 15 is 0 Å². The van der Waals surface area contributed by atoms with Crippen molar-refractivity contribution >= 4 is 22.6 Å². The lowest BCUT2D eigenvalue weighted by Crippen LogP contribution is -2.39. The first-order valence-corrected chi connectivity index (χ1v) is 10.3. The van der Waals surface area contributed by atoms with Gasteiger partial charge in [0.25, 0.3) is 0 Å². The maximum absolute atomic E-state index is 12.2. The molecule has 0 aliphatic carbocycles. The van der Waals surface area contributed by atoms with Crippen molar-refractivity contribution in [1.82, 2.24) is 20.1 Å². The fourth-order valence-electron chi connectivity index (χ4n) is 3.51. The van der Waals surface area contributed by atoms with Crippen LogP contribution in [0, 0.1) is 0 Å². The molecule has 0 saturated carbocycles. The zero-order chi connectivity index (χ0) is 22.0. The first-order valence-electron chi connectivity index (χ1n) is 10.3. The second-order valence-corrected chi connectivity index (χ2v) is 8.46. The van der Waals surface area contributed by atoms with Crippen LogP contribution < -0.4 is 4.74 Å². The summed E-state index contributed by atoms with van der Waals surface area (Å²) in [6.07, 6.45) is 4.19. The van der Waals surface area contributed by atoms with E-state index in [4.69, 9.17) is 9.47 Å². The molecule has 1 amide bonds. The van der Waals surface area contributed by atoms with E-state index in [1.807, 2.05) is 63.2 Å². The number of methoxy groups -OCH3 is 1. The Labute approximate surface area is 181 Å². The molecule has 1 aliphatic heterocycles. The summed E-state index contributed by atoms with van der Waals surface area (Å²) in [4.78, 5) is 18.4. The van der Waals surface area contributed by atoms with Crippen molar-refractivity contribution < 1.29 is 14.3 Å². The van der Waals surface area contributed by atoms with Crippen LogP contribution in [0.15, 0.2) is 48.7 Å². The Morgan fingerprint density at radius 3 is 2.52 bits per heavy atom. The molecule has 2 aromatic heterocycles. The molecule has 4 rings (SSSR count). The summed E-state index contributed by atoms with van der Waals surface area (Å²) in [5.74, 6) is 0.729. The van der Waals surface area contributed by atoms with Crippen LogP contribution in [0.2, 0.25) is 0 Å². The topological polar surface area (TPSA) is 77.4 Å². The lowest BCUT2D eigenvalue weighted by Gasteiger charge is -2.29. The number of carbonyl (C=O) groups is 1. The molecule has 0 bridgehead atoms. The molecule has 7 nitrogen and oxygen atoms in total. The molecular formula is C24H26N4O3. The Morgan fingerprint density at radius 2 is 1.87 bits per heavy atom. The molecule has 1 aliphatic rings. The largest absolute Gasteiger partial charge is 0.496 e. The minimum atomic E-state index is -0.498. The second-order valence-electron chi connectivity index (χ2n) is 8.46. The van der Waals surface area contributed by atoms with Gasteiger partial charge in [-0.25, -0.2) is 4.79 Å². The van der Waals surface area contributed by atoms with E-state index in [0.29, 0.717) is 19.5 Å². The number of fused-ring (bicyclic) bond motifs is 1. The summed E-state index contributed by atoms with van der Waals surface area (Å²) in [5, 5.41) is 9.88. The minimum absolute atomic E-state index is 0.291.